The number of aryl methyl sites for hydroxylation is 1. The molecule has 1 fully saturated rings. The highest BCUT2D eigenvalue weighted by molar-refractivity contribution is 5.78. The minimum absolute atomic E-state index is 0.00219. The van der Waals surface area contributed by atoms with Crippen LogP contribution >= 0.6 is 0 Å². The van der Waals surface area contributed by atoms with Crippen LogP contribution in [0.1, 0.15) is 35.8 Å². The molecule has 1 amide bonds. The maximum absolute atomic E-state index is 13.9. The van der Waals surface area contributed by atoms with Crippen molar-refractivity contribution in [1.82, 2.24) is 20.1 Å². The molecule has 0 spiro atoms. The normalized spacial score (nSPS) is 18.1. The van der Waals surface area contributed by atoms with Gasteiger partial charge in [0.25, 0.3) is 0 Å². The number of aromatic nitrogens is 3. The number of nitrogens with one attached hydrogen (secondary N) is 1. The highest BCUT2D eigenvalue weighted by atomic mass is 19.1. The summed E-state index contributed by atoms with van der Waals surface area (Å²) in [4.78, 5) is 15.1. The molecule has 5 nitrogen and oxygen atoms in total. The fourth-order valence-corrected chi connectivity index (χ4v) is 2.76. The first-order valence-electron chi connectivity index (χ1n) is 6.64. The smallest absolute Gasteiger partial charge is 0.220 e. The number of nitrogens with zero attached hydrogens (tertiary/aromatic N) is 3. The molecule has 0 aliphatic carbocycles. The third-order valence-corrected chi connectivity index (χ3v) is 3.68. The first-order chi connectivity index (χ1) is 9.97. The molecule has 1 atom stereocenters. The van der Waals surface area contributed by atoms with Crippen LogP contribution in [-0.2, 0) is 4.79 Å². The van der Waals surface area contributed by atoms with Gasteiger partial charge in [-0.25, -0.2) is 18.4 Å². The van der Waals surface area contributed by atoms with Gasteiger partial charge < -0.3 is 5.32 Å². The van der Waals surface area contributed by atoms with Crippen LogP contribution < -0.4 is 5.32 Å². The third kappa shape index (κ3) is 2.28. The summed E-state index contributed by atoms with van der Waals surface area (Å²) in [5.41, 5.74) is 2.26. The predicted molar refractivity (Wildman–Crippen MR) is 70.9 cm³/mol. The van der Waals surface area contributed by atoms with Gasteiger partial charge in [0.05, 0.1) is 17.9 Å². The van der Waals surface area contributed by atoms with E-state index in [9.17, 15) is 13.6 Å². The summed E-state index contributed by atoms with van der Waals surface area (Å²) in [6.07, 6.45) is 2.11. The SMILES string of the molecule is Cc1nn(-c2ncc(F)cc2F)c(C)c1[C@@H]1CCC(=O)N1. The molecule has 0 radical (unpaired) electrons. The molecular formula is C14H14F2N4O. The van der Waals surface area contributed by atoms with Crippen LogP contribution in [0, 0.1) is 25.5 Å². The Kier molecular flexibility index (Phi) is 3.19. The van der Waals surface area contributed by atoms with Gasteiger partial charge in [0.1, 0.15) is 5.82 Å². The van der Waals surface area contributed by atoms with Crippen molar-refractivity contribution in [2.24, 2.45) is 0 Å². The maximum atomic E-state index is 13.9. The van der Waals surface area contributed by atoms with Gasteiger partial charge in [0.15, 0.2) is 11.6 Å². The van der Waals surface area contributed by atoms with Gasteiger partial charge in [-0.1, -0.05) is 0 Å². The molecule has 0 aromatic carbocycles. The maximum Gasteiger partial charge on any atom is 0.220 e. The second-order valence-corrected chi connectivity index (χ2v) is 5.11. The van der Waals surface area contributed by atoms with Gasteiger partial charge in [-0.3, -0.25) is 4.79 Å². The lowest BCUT2D eigenvalue weighted by atomic mass is 10.0. The standard InChI is InChI=1S/C14H14F2N4O/c1-7-13(11-3-4-12(21)18-11)8(2)20(19-7)14-10(16)5-9(15)6-17-14/h5-6,11H,3-4H2,1-2H3,(H,18,21)/t11-/m0/s1. The van der Waals surface area contributed by atoms with Gasteiger partial charge in [-0.05, 0) is 20.3 Å². The van der Waals surface area contributed by atoms with E-state index < -0.39 is 11.6 Å². The molecule has 1 aliphatic heterocycles. The van der Waals surface area contributed by atoms with Crippen LogP contribution in [0.15, 0.2) is 12.3 Å². The number of halogens is 2. The molecule has 3 heterocycles. The average molecular weight is 292 g/mol. The number of carbonyl (C=O) groups excluding carboxylic acids is 1. The summed E-state index contributed by atoms with van der Waals surface area (Å²) < 4.78 is 28.2. The molecule has 0 unspecified atom stereocenters. The van der Waals surface area contributed by atoms with E-state index in [1.807, 2.05) is 0 Å². The largest absolute Gasteiger partial charge is 0.349 e. The second kappa shape index (κ2) is 4.91. The van der Waals surface area contributed by atoms with Crippen LogP contribution in [-0.4, -0.2) is 20.7 Å². The van der Waals surface area contributed by atoms with Gasteiger partial charge in [0, 0.05) is 23.7 Å². The minimum Gasteiger partial charge on any atom is -0.349 e. The summed E-state index contributed by atoms with van der Waals surface area (Å²) >= 11 is 0. The zero-order chi connectivity index (χ0) is 15.1. The summed E-state index contributed by atoms with van der Waals surface area (Å²) in [7, 11) is 0. The van der Waals surface area contributed by atoms with Crippen molar-refractivity contribution in [3.05, 3.63) is 40.8 Å². The van der Waals surface area contributed by atoms with Gasteiger partial charge in [0.2, 0.25) is 5.91 Å². The minimum atomic E-state index is -0.775. The Morgan fingerprint density at radius 2 is 2.14 bits per heavy atom. The summed E-state index contributed by atoms with van der Waals surface area (Å²) in [6.45, 7) is 3.58. The Morgan fingerprint density at radius 3 is 2.76 bits per heavy atom. The van der Waals surface area contributed by atoms with Crippen LogP contribution in [0.2, 0.25) is 0 Å². The molecule has 2 aromatic heterocycles. The Morgan fingerprint density at radius 1 is 1.38 bits per heavy atom. The molecule has 1 N–H and O–H groups in total. The van der Waals surface area contributed by atoms with E-state index in [1.54, 1.807) is 13.8 Å². The Bertz CT molecular complexity index is 726. The zero-order valence-electron chi connectivity index (χ0n) is 11.7. The van der Waals surface area contributed by atoms with Crippen LogP contribution in [0.3, 0.4) is 0 Å². The quantitative estimate of drug-likeness (QED) is 0.922. The lowest BCUT2D eigenvalue weighted by Crippen LogP contribution is -2.19. The van der Waals surface area contributed by atoms with E-state index in [0.29, 0.717) is 24.2 Å². The monoisotopic (exact) mass is 292 g/mol. The zero-order valence-corrected chi connectivity index (χ0v) is 11.7. The number of hydrogen-bond donors (Lipinski definition) is 1. The molecule has 1 saturated heterocycles. The summed E-state index contributed by atoms with van der Waals surface area (Å²) in [5.74, 6) is -1.56. The fourth-order valence-electron chi connectivity index (χ4n) is 2.76. The average Bonchev–Trinajstić information content (AvgIpc) is 2.94. The molecule has 21 heavy (non-hydrogen) atoms. The fraction of sp³-hybridized carbons (Fsp3) is 0.357. The van der Waals surface area contributed by atoms with E-state index in [2.05, 4.69) is 15.4 Å². The van der Waals surface area contributed by atoms with Crippen molar-refractivity contribution in [2.45, 2.75) is 32.7 Å². The molecule has 0 bridgehead atoms. The van der Waals surface area contributed by atoms with Crippen molar-refractivity contribution in [2.75, 3.05) is 0 Å². The van der Waals surface area contributed by atoms with Crippen LogP contribution in [0.4, 0.5) is 8.78 Å². The molecule has 3 rings (SSSR count). The predicted octanol–water partition coefficient (Wildman–Crippen LogP) is 2.11. The lowest BCUT2D eigenvalue weighted by molar-refractivity contribution is -0.119. The Hall–Kier alpha value is -2.31. The van der Waals surface area contributed by atoms with Crippen molar-refractivity contribution >= 4 is 5.91 Å². The van der Waals surface area contributed by atoms with Gasteiger partial charge in [-0.15, -0.1) is 0 Å². The first kappa shape index (κ1) is 13.7. The van der Waals surface area contributed by atoms with E-state index >= 15 is 0 Å². The molecule has 110 valence electrons. The molecule has 7 heteroatoms. The Labute approximate surface area is 120 Å². The van der Waals surface area contributed by atoms with Crippen molar-refractivity contribution in [3.63, 3.8) is 0 Å². The number of amides is 1. The first-order valence-corrected chi connectivity index (χ1v) is 6.64. The van der Waals surface area contributed by atoms with E-state index in [-0.39, 0.29) is 17.8 Å². The van der Waals surface area contributed by atoms with Crippen LogP contribution in [0.5, 0.6) is 0 Å². The number of carbonyl (C=O) groups is 1. The summed E-state index contributed by atoms with van der Waals surface area (Å²) in [6, 6.07) is 0.658. The second-order valence-electron chi connectivity index (χ2n) is 5.11. The Balaban J connectivity index is 2.07. The lowest BCUT2D eigenvalue weighted by Gasteiger charge is -2.11. The van der Waals surface area contributed by atoms with E-state index in [1.165, 1.54) is 4.68 Å². The number of pyridine rings is 1. The summed E-state index contributed by atoms with van der Waals surface area (Å²) in [5, 5.41) is 7.15. The highest BCUT2D eigenvalue weighted by Gasteiger charge is 2.28. The number of rotatable bonds is 2. The number of hydrogen-bond acceptors (Lipinski definition) is 3. The highest BCUT2D eigenvalue weighted by Crippen LogP contribution is 2.30. The van der Waals surface area contributed by atoms with Crippen molar-refractivity contribution in [3.8, 4) is 5.82 Å². The van der Waals surface area contributed by atoms with Crippen molar-refractivity contribution < 1.29 is 13.6 Å². The molecule has 2 aromatic rings. The topological polar surface area (TPSA) is 59.8 Å². The van der Waals surface area contributed by atoms with E-state index in [0.717, 1.165) is 17.8 Å². The van der Waals surface area contributed by atoms with Crippen molar-refractivity contribution in [1.29, 1.82) is 0 Å². The molecule has 0 saturated carbocycles. The molecule has 1 aliphatic rings. The van der Waals surface area contributed by atoms with Gasteiger partial charge >= 0.3 is 0 Å². The third-order valence-electron chi connectivity index (χ3n) is 3.68. The van der Waals surface area contributed by atoms with Gasteiger partial charge in [-0.2, -0.15) is 5.10 Å². The molecular weight excluding hydrogens is 278 g/mol. The van der Waals surface area contributed by atoms with E-state index in [4.69, 9.17) is 0 Å². The van der Waals surface area contributed by atoms with Crippen LogP contribution in [0.25, 0.3) is 5.82 Å².